The zero-order chi connectivity index (χ0) is 10.6. The summed E-state index contributed by atoms with van der Waals surface area (Å²) in [6, 6.07) is 4.99. The van der Waals surface area contributed by atoms with E-state index in [0.29, 0.717) is 12.3 Å². The van der Waals surface area contributed by atoms with Crippen LogP contribution in [0, 0.1) is 0 Å². The number of nitrogens with two attached hydrogens (primary N) is 1. The molecule has 0 bridgehead atoms. The number of benzene rings is 1. The molecule has 0 unspecified atom stereocenters. The standard InChI is InChI=1S/C9H10BrF2NO/c10-8-2-1-7(3-6(8)4-13)14-5-9(11)12/h1-3,9H,4-5,13H2. The molecular weight excluding hydrogens is 256 g/mol. The third-order valence-corrected chi connectivity index (χ3v) is 2.39. The zero-order valence-electron chi connectivity index (χ0n) is 7.34. The fourth-order valence-electron chi connectivity index (χ4n) is 0.957. The maximum atomic E-state index is 11.8. The largest absolute Gasteiger partial charge is 0.488 e. The summed E-state index contributed by atoms with van der Waals surface area (Å²) in [6.45, 7) is -0.252. The first kappa shape index (κ1) is 11.4. The number of hydrogen-bond acceptors (Lipinski definition) is 2. The highest BCUT2D eigenvalue weighted by molar-refractivity contribution is 9.10. The van der Waals surface area contributed by atoms with E-state index in [9.17, 15) is 8.78 Å². The third kappa shape index (κ3) is 3.23. The molecule has 0 amide bonds. The van der Waals surface area contributed by atoms with Crippen LogP contribution in [-0.2, 0) is 6.54 Å². The number of halogens is 3. The molecule has 78 valence electrons. The molecule has 0 spiro atoms. The topological polar surface area (TPSA) is 35.2 Å². The van der Waals surface area contributed by atoms with Crippen molar-refractivity contribution in [3.63, 3.8) is 0 Å². The van der Waals surface area contributed by atoms with E-state index >= 15 is 0 Å². The van der Waals surface area contributed by atoms with Crippen LogP contribution in [0.15, 0.2) is 22.7 Å². The first-order chi connectivity index (χ1) is 6.63. The van der Waals surface area contributed by atoms with Gasteiger partial charge < -0.3 is 10.5 Å². The molecule has 0 fully saturated rings. The fraction of sp³-hybridized carbons (Fsp3) is 0.333. The Kier molecular flexibility index (Phi) is 4.28. The first-order valence-electron chi connectivity index (χ1n) is 4.03. The van der Waals surface area contributed by atoms with Crippen LogP contribution >= 0.6 is 15.9 Å². The monoisotopic (exact) mass is 265 g/mol. The summed E-state index contributed by atoms with van der Waals surface area (Å²) in [7, 11) is 0. The summed E-state index contributed by atoms with van der Waals surface area (Å²) in [5, 5.41) is 0. The van der Waals surface area contributed by atoms with E-state index in [1.807, 2.05) is 0 Å². The lowest BCUT2D eigenvalue weighted by molar-refractivity contribution is 0.0818. The van der Waals surface area contributed by atoms with Crippen LogP contribution in [0.3, 0.4) is 0 Å². The Hall–Kier alpha value is -0.680. The van der Waals surface area contributed by atoms with Gasteiger partial charge in [0.1, 0.15) is 12.4 Å². The van der Waals surface area contributed by atoms with Crippen molar-refractivity contribution < 1.29 is 13.5 Å². The normalized spacial score (nSPS) is 10.6. The second kappa shape index (κ2) is 5.26. The van der Waals surface area contributed by atoms with Crippen molar-refractivity contribution in [3.8, 4) is 5.75 Å². The van der Waals surface area contributed by atoms with Crippen LogP contribution in [0.1, 0.15) is 5.56 Å². The van der Waals surface area contributed by atoms with E-state index in [0.717, 1.165) is 10.0 Å². The Morgan fingerprint density at radius 1 is 1.43 bits per heavy atom. The molecule has 14 heavy (non-hydrogen) atoms. The highest BCUT2D eigenvalue weighted by Crippen LogP contribution is 2.22. The predicted molar refractivity (Wildman–Crippen MR) is 53.5 cm³/mol. The highest BCUT2D eigenvalue weighted by Gasteiger charge is 2.05. The number of hydrogen-bond donors (Lipinski definition) is 1. The molecule has 0 heterocycles. The summed E-state index contributed by atoms with van der Waals surface area (Å²) in [6.07, 6.45) is -2.46. The summed E-state index contributed by atoms with van der Waals surface area (Å²) in [5.74, 6) is 0.411. The van der Waals surface area contributed by atoms with Gasteiger partial charge in [0, 0.05) is 11.0 Å². The van der Waals surface area contributed by atoms with Crippen LogP contribution in [-0.4, -0.2) is 13.0 Å². The van der Waals surface area contributed by atoms with Crippen molar-refractivity contribution in [2.24, 2.45) is 5.73 Å². The molecule has 5 heteroatoms. The Morgan fingerprint density at radius 3 is 2.71 bits per heavy atom. The van der Waals surface area contributed by atoms with Crippen LogP contribution in [0.4, 0.5) is 8.78 Å². The molecule has 1 rings (SSSR count). The van der Waals surface area contributed by atoms with Crippen LogP contribution in [0.25, 0.3) is 0 Å². The summed E-state index contributed by atoms with van der Waals surface area (Å²) >= 11 is 3.29. The summed E-state index contributed by atoms with van der Waals surface area (Å²) in [5.41, 5.74) is 6.27. The van der Waals surface area contributed by atoms with Gasteiger partial charge in [-0.2, -0.15) is 0 Å². The van der Waals surface area contributed by atoms with Gasteiger partial charge in [0.15, 0.2) is 0 Å². The third-order valence-electron chi connectivity index (χ3n) is 1.61. The van der Waals surface area contributed by atoms with Gasteiger partial charge in [0.2, 0.25) is 0 Å². The average molecular weight is 266 g/mol. The summed E-state index contributed by atoms with van der Waals surface area (Å²) < 4.78 is 29.3. The zero-order valence-corrected chi connectivity index (χ0v) is 8.93. The Balaban J connectivity index is 2.69. The smallest absolute Gasteiger partial charge is 0.272 e. The van der Waals surface area contributed by atoms with Crippen molar-refractivity contribution in [1.82, 2.24) is 0 Å². The molecule has 1 aromatic carbocycles. The van der Waals surface area contributed by atoms with Gasteiger partial charge in [-0.05, 0) is 23.8 Å². The molecule has 2 N–H and O–H groups in total. The fourth-order valence-corrected chi connectivity index (χ4v) is 1.37. The van der Waals surface area contributed by atoms with Crippen molar-refractivity contribution in [1.29, 1.82) is 0 Å². The van der Waals surface area contributed by atoms with Gasteiger partial charge in [-0.15, -0.1) is 0 Å². The molecule has 1 aromatic rings. The van der Waals surface area contributed by atoms with Crippen molar-refractivity contribution >= 4 is 15.9 Å². The minimum absolute atomic E-state index is 0.340. The molecule has 0 aliphatic heterocycles. The molecule has 2 nitrogen and oxygen atoms in total. The quantitative estimate of drug-likeness (QED) is 0.908. The first-order valence-corrected chi connectivity index (χ1v) is 4.82. The minimum Gasteiger partial charge on any atom is -0.488 e. The van der Waals surface area contributed by atoms with Crippen LogP contribution in [0.2, 0.25) is 0 Å². The Morgan fingerprint density at radius 2 is 2.14 bits per heavy atom. The molecule has 0 saturated carbocycles. The molecule has 0 aliphatic carbocycles. The Bertz CT molecular complexity index is 307. The van der Waals surface area contributed by atoms with Gasteiger partial charge in [-0.1, -0.05) is 15.9 Å². The number of alkyl halides is 2. The molecule has 0 aliphatic rings. The van der Waals surface area contributed by atoms with E-state index in [4.69, 9.17) is 10.5 Å². The average Bonchev–Trinajstić information content (AvgIpc) is 2.16. The maximum Gasteiger partial charge on any atom is 0.272 e. The van der Waals surface area contributed by atoms with Gasteiger partial charge in [0.05, 0.1) is 0 Å². The van der Waals surface area contributed by atoms with Crippen molar-refractivity contribution in [3.05, 3.63) is 28.2 Å². The second-order valence-electron chi connectivity index (χ2n) is 2.66. The summed E-state index contributed by atoms with van der Waals surface area (Å²) in [4.78, 5) is 0. The lowest BCUT2D eigenvalue weighted by Gasteiger charge is -2.07. The number of rotatable bonds is 4. The van der Waals surface area contributed by atoms with E-state index in [1.165, 1.54) is 0 Å². The molecular formula is C9H10BrF2NO. The lowest BCUT2D eigenvalue weighted by atomic mass is 10.2. The lowest BCUT2D eigenvalue weighted by Crippen LogP contribution is -2.07. The van der Waals surface area contributed by atoms with E-state index < -0.39 is 13.0 Å². The Labute approximate surface area is 89.2 Å². The van der Waals surface area contributed by atoms with E-state index in [-0.39, 0.29) is 0 Å². The van der Waals surface area contributed by atoms with Crippen LogP contribution in [0.5, 0.6) is 5.75 Å². The minimum atomic E-state index is -2.46. The molecule has 0 saturated heterocycles. The van der Waals surface area contributed by atoms with Crippen molar-refractivity contribution in [2.75, 3.05) is 6.61 Å². The highest BCUT2D eigenvalue weighted by atomic mass is 79.9. The maximum absolute atomic E-state index is 11.8. The van der Waals surface area contributed by atoms with Gasteiger partial charge >= 0.3 is 0 Å². The molecule has 0 aromatic heterocycles. The van der Waals surface area contributed by atoms with Gasteiger partial charge in [0.25, 0.3) is 6.43 Å². The SMILES string of the molecule is NCc1cc(OCC(F)F)ccc1Br. The number of ether oxygens (including phenoxy) is 1. The van der Waals surface area contributed by atoms with Crippen LogP contribution < -0.4 is 10.5 Å². The molecule has 0 radical (unpaired) electrons. The van der Waals surface area contributed by atoms with Gasteiger partial charge in [-0.3, -0.25) is 0 Å². The van der Waals surface area contributed by atoms with Crippen molar-refractivity contribution in [2.45, 2.75) is 13.0 Å². The van der Waals surface area contributed by atoms with E-state index in [2.05, 4.69) is 15.9 Å². The van der Waals surface area contributed by atoms with Gasteiger partial charge in [-0.25, -0.2) is 8.78 Å². The predicted octanol–water partition coefficient (Wildman–Crippen LogP) is 2.55. The molecule has 0 atom stereocenters. The second-order valence-corrected chi connectivity index (χ2v) is 3.51. The van der Waals surface area contributed by atoms with E-state index in [1.54, 1.807) is 18.2 Å².